The van der Waals surface area contributed by atoms with Crippen molar-refractivity contribution >= 4 is 29.6 Å². The highest BCUT2D eigenvalue weighted by molar-refractivity contribution is 6.30. The number of nitrogens with one attached hydrogen (secondary N) is 1. The molecule has 1 N–H and O–H groups in total. The van der Waals surface area contributed by atoms with Crippen LogP contribution in [-0.2, 0) is 4.79 Å². The fourth-order valence-corrected chi connectivity index (χ4v) is 1.63. The Balaban J connectivity index is 2.14. The van der Waals surface area contributed by atoms with Gasteiger partial charge in [-0.2, -0.15) is 5.01 Å². The zero-order chi connectivity index (χ0) is 13.7. The standard InChI is InChI=1S/C14H11ClN2O2/c15-12-6-8-13(9-7-12)16-17(10-18)14(19)11-4-2-1-3-5-11/h1-10,16H. The van der Waals surface area contributed by atoms with E-state index in [9.17, 15) is 9.59 Å². The average Bonchev–Trinajstić information content (AvgIpc) is 2.47. The Morgan fingerprint density at radius 3 is 2.26 bits per heavy atom. The number of nitrogens with zero attached hydrogens (tertiary/aromatic N) is 1. The molecule has 0 aliphatic rings. The van der Waals surface area contributed by atoms with E-state index in [1.165, 1.54) is 0 Å². The van der Waals surface area contributed by atoms with E-state index in [1.807, 2.05) is 0 Å². The van der Waals surface area contributed by atoms with Gasteiger partial charge in [-0.3, -0.25) is 15.0 Å². The molecule has 0 heterocycles. The van der Waals surface area contributed by atoms with Crippen molar-refractivity contribution in [2.24, 2.45) is 0 Å². The molecule has 0 saturated heterocycles. The second-order valence-electron chi connectivity index (χ2n) is 3.77. The van der Waals surface area contributed by atoms with E-state index in [4.69, 9.17) is 11.6 Å². The lowest BCUT2D eigenvalue weighted by Crippen LogP contribution is -2.34. The number of benzene rings is 2. The van der Waals surface area contributed by atoms with Crippen LogP contribution in [0.5, 0.6) is 0 Å². The van der Waals surface area contributed by atoms with Crippen LogP contribution in [0.3, 0.4) is 0 Å². The molecule has 2 aromatic carbocycles. The summed E-state index contributed by atoms with van der Waals surface area (Å²) >= 11 is 5.76. The van der Waals surface area contributed by atoms with E-state index in [-0.39, 0.29) is 0 Å². The first-order valence-electron chi connectivity index (χ1n) is 5.57. The minimum absolute atomic E-state index is 0.425. The Kier molecular flexibility index (Phi) is 4.15. The SMILES string of the molecule is O=CN(Nc1ccc(Cl)cc1)C(=O)c1ccccc1. The molecule has 0 radical (unpaired) electrons. The summed E-state index contributed by atoms with van der Waals surface area (Å²) in [5.74, 6) is -0.425. The number of hydrogen-bond acceptors (Lipinski definition) is 3. The van der Waals surface area contributed by atoms with Crippen molar-refractivity contribution < 1.29 is 9.59 Å². The lowest BCUT2D eigenvalue weighted by atomic mass is 10.2. The molecule has 0 aliphatic heterocycles. The van der Waals surface area contributed by atoms with Crippen LogP contribution in [0.1, 0.15) is 10.4 Å². The summed E-state index contributed by atoms with van der Waals surface area (Å²) in [6.07, 6.45) is 0.434. The Labute approximate surface area is 115 Å². The average molecular weight is 275 g/mol. The highest BCUT2D eigenvalue weighted by atomic mass is 35.5. The van der Waals surface area contributed by atoms with Gasteiger partial charge in [-0.25, -0.2) is 0 Å². The van der Waals surface area contributed by atoms with Crippen molar-refractivity contribution in [2.75, 3.05) is 5.43 Å². The van der Waals surface area contributed by atoms with Gasteiger partial charge in [-0.15, -0.1) is 0 Å². The maximum Gasteiger partial charge on any atom is 0.279 e. The monoisotopic (exact) mass is 274 g/mol. The van der Waals surface area contributed by atoms with E-state index in [0.29, 0.717) is 22.7 Å². The van der Waals surface area contributed by atoms with E-state index < -0.39 is 5.91 Å². The third kappa shape index (κ3) is 3.33. The van der Waals surface area contributed by atoms with E-state index in [1.54, 1.807) is 54.6 Å². The predicted molar refractivity (Wildman–Crippen MR) is 73.8 cm³/mol. The molecule has 0 bridgehead atoms. The van der Waals surface area contributed by atoms with Crippen molar-refractivity contribution in [3.8, 4) is 0 Å². The van der Waals surface area contributed by atoms with Crippen LogP contribution in [0.25, 0.3) is 0 Å². The highest BCUT2D eigenvalue weighted by Crippen LogP contribution is 2.14. The molecule has 2 rings (SSSR count). The van der Waals surface area contributed by atoms with Crippen molar-refractivity contribution in [3.63, 3.8) is 0 Å². The number of imide groups is 1. The van der Waals surface area contributed by atoms with Crippen molar-refractivity contribution in [1.29, 1.82) is 0 Å². The van der Waals surface area contributed by atoms with Crippen molar-refractivity contribution in [2.45, 2.75) is 0 Å². The molecule has 2 amide bonds. The Hall–Kier alpha value is -2.33. The number of carbonyl (C=O) groups is 2. The van der Waals surface area contributed by atoms with Crippen LogP contribution in [0.2, 0.25) is 5.02 Å². The van der Waals surface area contributed by atoms with Gasteiger partial charge < -0.3 is 0 Å². The summed E-state index contributed by atoms with van der Waals surface area (Å²) in [7, 11) is 0. The largest absolute Gasteiger partial charge is 0.289 e. The number of hydrogen-bond donors (Lipinski definition) is 1. The van der Waals surface area contributed by atoms with Crippen molar-refractivity contribution in [1.82, 2.24) is 5.01 Å². The summed E-state index contributed by atoms with van der Waals surface area (Å²) in [5.41, 5.74) is 3.74. The number of halogens is 1. The first kappa shape index (κ1) is 13.1. The zero-order valence-corrected chi connectivity index (χ0v) is 10.7. The number of amides is 2. The highest BCUT2D eigenvalue weighted by Gasteiger charge is 2.14. The van der Waals surface area contributed by atoms with Crippen LogP contribution < -0.4 is 5.43 Å². The van der Waals surface area contributed by atoms with Gasteiger partial charge in [0.15, 0.2) is 0 Å². The van der Waals surface area contributed by atoms with Gasteiger partial charge in [0.2, 0.25) is 6.41 Å². The fourth-order valence-electron chi connectivity index (χ4n) is 1.51. The minimum Gasteiger partial charge on any atom is -0.289 e. The first-order chi connectivity index (χ1) is 9.20. The van der Waals surface area contributed by atoms with Crippen LogP contribution in [0.15, 0.2) is 54.6 Å². The summed E-state index contributed by atoms with van der Waals surface area (Å²) in [5, 5.41) is 1.47. The predicted octanol–water partition coefficient (Wildman–Crippen LogP) is 2.97. The molecule has 0 aromatic heterocycles. The molecule has 2 aromatic rings. The van der Waals surface area contributed by atoms with Crippen LogP contribution in [0.4, 0.5) is 5.69 Å². The van der Waals surface area contributed by atoms with Gasteiger partial charge in [0.25, 0.3) is 5.91 Å². The van der Waals surface area contributed by atoms with Crippen LogP contribution in [0, 0.1) is 0 Å². The lowest BCUT2D eigenvalue weighted by Gasteiger charge is -2.17. The number of hydrazine groups is 1. The third-order valence-electron chi connectivity index (χ3n) is 2.44. The van der Waals surface area contributed by atoms with Gasteiger partial charge >= 0.3 is 0 Å². The molecule has 4 nitrogen and oxygen atoms in total. The maximum atomic E-state index is 12.1. The number of carbonyl (C=O) groups excluding carboxylic acids is 2. The molecule has 5 heteroatoms. The number of anilines is 1. The zero-order valence-electron chi connectivity index (χ0n) is 9.92. The summed E-state index contributed by atoms with van der Waals surface area (Å²) in [6.45, 7) is 0. The molecule has 0 saturated carbocycles. The molecule has 0 atom stereocenters. The van der Waals surface area contributed by atoms with Gasteiger partial charge in [-0.05, 0) is 36.4 Å². The fraction of sp³-hybridized carbons (Fsp3) is 0. The molecule has 0 fully saturated rings. The summed E-state index contributed by atoms with van der Waals surface area (Å²) in [4.78, 5) is 23.1. The molecular formula is C14H11ClN2O2. The molecule has 0 spiro atoms. The van der Waals surface area contributed by atoms with Gasteiger partial charge in [-0.1, -0.05) is 29.8 Å². The molecule has 19 heavy (non-hydrogen) atoms. The lowest BCUT2D eigenvalue weighted by molar-refractivity contribution is -0.115. The Morgan fingerprint density at radius 1 is 1.05 bits per heavy atom. The van der Waals surface area contributed by atoms with Crippen molar-refractivity contribution in [3.05, 3.63) is 65.2 Å². The molecule has 0 unspecified atom stereocenters. The topological polar surface area (TPSA) is 49.4 Å². The molecular weight excluding hydrogens is 264 g/mol. The minimum atomic E-state index is -0.425. The smallest absolute Gasteiger partial charge is 0.279 e. The van der Waals surface area contributed by atoms with E-state index in [2.05, 4.69) is 5.43 Å². The van der Waals surface area contributed by atoms with E-state index >= 15 is 0 Å². The summed E-state index contributed by atoms with van der Waals surface area (Å²) in [6, 6.07) is 15.2. The number of rotatable bonds is 4. The van der Waals surface area contributed by atoms with Crippen LogP contribution in [-0.4, -0.2) is 17.3 Å². The second-order valence-corrected chi connectivity index (χ2v) is 4.20. The quantitative estimate of drug-likeness (QED) is 0.689. The normalized spacial score (nSPS) is 9.74. The molecule has 96 valence electrons. The van der Waals surface area contributed by atoms with Gasteiger partial charge in [0.1, 0.15) is 0 Å². The summed E-state index contributed by atoms with van der Waals surface area (Å²) < 4.78 is 0. The second kappa shape index (κ2) is 6.02. The van der Waals surface area contributed by atoms with Gasteiger partial charge in [0, 0.05) is 10.6 Å². The van der Waals surface area contributed by atoms with E-state index in [0.717, 1.165) is 5.01 Å². The Bertz CT molecular complexity index is 570. The van der Waals surface area contributed by atoms with Crippen LogP contribution >= 0.6 is 11.6 Å². The maximum absolute atomic E-state index is 12.1. The third-order valence-corrected chi connectivity index (χ3v) is 2.69. The molecule has 0 aliphatic carbocycles. The van der Waals surface area contributed by atoms with Gasteiger partial charge in [0.05, 0.1) is 5.69 Å². The Morgan fingerprint density at radius 2 is 1.68 bits per heavy atom. The first-order valence-corrected chi connectivity index (χ1v) is 5.94.